The topological polar surface area (TPSA) is 85.6 Å². The minimum absolute atomic E-state index is 0.226. The maximum atomic E-state index is 12.0. The van der Waals surface area contributed by atoms with Crippen molar-refractivity contribution in [2.75, 3.05) is 6.61 Å². The molecule has 1 aromatic heterocycles. The van der Waals surface area contributed by atoms with Crippen LogP contribution >= 0.6 is 0 Å². The fraction of sp³-hybridized carbons (Fsp3) is 0.235. The molecule has 0 aliphatic carbocycles. The van der Waals surface area contributed by atoms with E-state index in [-0.39, 0.29) is 18.1 Å². The van der Waals surface area contributed by atoms with Crippen LogP contribution in [0.2, 0.25) is 0 Å². The van der Waals surface area contributed by atoms with Crippen molar-refractivity contribution in [1.29, 1.82) is 0 Å². The van der Waals surface area contributed by atoms with Gasteiger partial charge in [0.2, 0.25) is 0 Å². The Balaban J connectivity index is 2.16. The Kier molecular flexibility index (Phi) is 5.30. The summed E-state index contributed by atoms with van der Waals surface area (Å²) in [6.45, 7) is 2.52. The largest absolute Gasteiger partial charge is 0.477 e. The average molecular weight is 315 g/mol. The normalized spacial score (nSPS) is 10.3. The van der Waals surface area contributed by atoms with Gasteiger partial charge in [-0.15, -0.1) is 0 Å². The van der Waals surface area contributed by atoms with E-state index in [1.807, 2.05) is 6.92 Å². The zero-order chi connectivity index (χ0) is 16.8. The molecule has 1 N–H and O–H groups in total. The van der Waals surface area contributed by atoms with Crippen molar-refractivity contribution in [3.63, 3.8) is 0 Å². The molecule has 0 saturated heterocycles. The zero-order valence-corrected chi connectivity index (χ0v) is 12.7. The van der Waals surface area contributed by atoms with Gasteiger partial charge in [0, 0.05) is 6.20 Å². The standard InChI is InChI=1S/C17H17NO5/c1-2-10-23-17(22)13-7-5-12(6-8-13)11-18-9-3-4-14(15(18)19)16(20)21/h3-9H,2,10-11H2,1H3,(H,20,21). The van der Waals surface area contributed by atoms with E-state index < -0.39 is 11.5 Å². The predicted octanol–water partition coefficient (Wildman–Crippen LogP) is 2.16. The minimum atomic E-state index is -1.25. The highest BCUT2D eigenvalue weighted by molar-refractivity contribution is 5.89. The number of pyridine rings is 1. The quantitative estimate of drug-likeness (QED) is 0.826. The van der Waals surface area contributed by atoms with Gasteiger partial charge in [0.05, 0.1) is 18.7 Å². The highest BCUT2D eigenvalue weighted by Crippen LogP contribution is 2.08. The van der Waals surface area contributed by atoms with Crippen molar-refractivity contribution in [2.24, 2.45) is 0 Å². The number of benzene rings is 1. The summed E-state index contributed by atoms with van der Waals surface area (Å²) < 4.78 is 6.35. The fourth-order valence-corrected chi connectivity index (χ4v) is 2.05. The lowest BCUT2D eigenvalue weighted by molar-refractivity contribution is 0.0504. The number of aromatic nitrogens is 1. The number of carboxylic acids is 1. The molecule has 1 heterocycles. The van der Waals surface area contributed by atoms with Gasteiger partial charge in [-0.1, -0.05) is 19.1 Å². The van der Waals surface area contributed by atoms with Crippen LogP contribution in [0.5, 0.6) is 0 Å². The molecule has 0 aliphatic heterocycles. The second-order valence-corrected chi connectivity index (χ2v) is 4.99. The Labute approximate surface area is 133 Å². The van der Waals surface area contributed by atoms with Gasteiger partial charge < -0.3 is 14.4 Å². The van der Waals surface area contributed by atoms with Gasteiger partial charge in [0.25, 0.3) is 5.56 Å². The molecule has 2 rings (SSSR count). The van der Waals surface area contributed by atoms with E-state index in [1.54, 1.807) is 24.3 Å². The van der Waals surface area contributed by atoms with Crippen LogP contribution in [0.25, 0.3) is 0 Å². The first kappa shape index (κ1) is 16.5. The second kappa shape index (κ2) is 7.40. The molecule has 0 radical (unpaired) electrons. The third-order valence-electron chi connectivity index (χ3n) is 3.23. The lowest BCUT2D eigenvalue weighted by Gasteiger charge is -2.08. The molecular weight excluding hydrogens is 298 g/mol. The molecule has 0 unspecified atom stereocenters. The molecular formula is C17H17NO5. The summed E-state index contributed by atoms with van der Waals surface area (Å²) in [5.74, 6) is -1.64. The highest BCUT2D eigenvalue weighted by atomic mass is 16.5. The van der Waals surface area contributed by atoms with Crippen LogP contribution < -0.4 is 5.56 Å². The van der Waals surface area contributed by atoms with Crippen molar-refractivity contribution < 1.29 is 19.4 Å². The number of carbonyl (C=O) groups is 2. The number of rotatable bonds is 6. The summed E-state index contributed by atoms with van der Waals surface area (Å²) in [6, 6.07) is 9.46. The number of carbonyl (C=O) groups excluding carboxylic acids is 1. The number of hydrogen-bond donors (Lipinski definition) is 1. The highest BCUT2D eigenvalue weighted by Gasteiger charge is 2.11. The van der Waals surface area contributed by atoms with Crippen molar-refractivity contribution in [1.82, 2.24) is 4.57 Å². The van der Waals surface area contributed by atoms with Gasteiger partial charge in [0.15, 0.2) is 0 Å². The molecule has 0 saturated carbocycles. The predicted molar refractivity (Wildman–Crippen MR) is 83.8 cm³/mol. The van der Waals surface area contributed by atoms with E-state index in [4.69, 9.17) is 9.84 Å². The first-order valence-electron chi connectivity index (χ1n) is 7.21. The van der Waals surface area contributed by atoms with Gasteiger partial charge in [-0.3, -0.25) is 4.79 Å². The average Bonchev–Trinajstić information content (AvgIpc) is 2.55. The van der Waals surface area contributed by atoms with Crippen LogP contribution in [0, 0.1) is 0 Å². The monoisotopic (exact) mass is 315 g/mol. The van der Waals surface area contributed by atoms with Gasteiger partial charge in [-0.2, -0.15) is 0 Å². The maximum Gasteiger partial charge on any atom is 0.341 e. The molecule has 2 aromatic rings. The van der Waals surface area contributed by atoms with Gasteiger partial charge in [-0.25, -0.2) is 9.59 Å². The molecule has 0 aliphatic rings. The van der Waals surface area contributed by atoms with E-state index in [0.29, 0.717) is 12.2 Å². The molecule has 0 fully saturated rings. The molecule has 0 spiro atoms. The number of carboxylic acid groups (broad SMARTS) is 1. The second-order valence-electron chi connectivity index (χ2n) is 4.99. The molecule has 1 aromatic carbocycles. The smallest absolute Gasteiger partial charge is 0.341 e. The number of esters is 1. The van der Waals surface area contributed by atoms with Crippen molar-refractivity contribution in [3.8, 4) is 0 Å². The Morgan fingerprint density at radius 2 is 1.87 bits per heavy atom. The van der Waals surface area contributed by atoms with E-state index >= 15 is 0 Å². The van der Waals surface area contributed by atoms with Crippen LogP contribution in [-0.2, 0) is 11.3 Å². The third-order valence-corrected chi connectivity index (χ3v) is 3.23. The van der Waals surface area contributed by atoms with E-state index in [1.165, 1.54) is 22.9 Å². The molecule has 6 heteroatoms. The van der Waals surface area contributed by atoms with Gasteiger partial charge in [0.1, 0.15) is 5.56 Å². The fourth-order valence-electron chi connectivity index (χ4n) is 2.05. The zero-order valence-electron chi connectivity index (χ0n) is 12.7. The number of hydrogen-bond acceptors (Lipinski definition) is 4. The summed E-state index contributed by atoms with van der Waals surface area (Å²) in [5.41, 5.74) is 0.384. The lowest BCUT2D eigenvalue weighted by atomic mass is 10.1. The van der Waals surface area contributed by atoms with Crippen molar-refractivity contribution in [3.05, 3.63) is 69.6 Å². The minimum Gasteiger partial charge on any atom is -0.477 e. The summed E-state index contributed by atoms with van der Waals surface area (Å²) in [6.07, 6.45) is 2.28. The van der Waals surface area contributed by atoms with Crippen LogP contribution in [0.1, 0.15) is 39.6 Å². The maximum absolute atomic E-state index is 12.0. The van der Waals surface area contributed by atoms with Crippen molar-refractivity contribution in [2.45, 2.75) is 19.9 Å². The van der Waals surface area contributed by atoms with Crippen LogP contribution in [0.4, 0.5) is 0 Å². The Hall–Kier alpha value is -2.89. The van der Waals surface area contributed by atoms with Crippen molar-refractivity contribution >= 4 is 11.9 Å². The first-order chi connectivity index (χ1) is 11.0. The molecule has 120 valence electrons. The lowest BCUT2D eigenvalue weighted by Crippen LogP contribution is -2.25. The summed E-state index contributed by atoms with van der Waals surface area (Å²) >= 11 is 0. The number of ether oxygens (including phenoxy) is 1. The van der Waals surface area contributed by atoms with Crippen LogP contribution in [-0.4, -0.2) is 28.2 Å². The Morgan fingerprint density at radius 1 is 1.17 bits per heavy atom. The summed E-state index contributed by atoms with van der Waals surface area (Å²) in [7, 11) is 0. The van der Waals surface area contributed by atoms with Gasteiger partial charge >= 0.3 is 11.9 Å². The van der Waals surface area contributed by atoms with E-state index in [0.717, 1.165) is 12.0 Å². The van der Waals surface area contributed by atoms with Crippen LogP contribution in [0.15, 0.2) is 47.4 Å². The number of nitrogens with zero attached hydrogens (tertiary/aromatic N) is 1. The summed E-state index contributed by atoms with van der Waals surface area (Å²) in [5, 5.41) is 8.96. The van der Waals surface area contributed by atoms with Gasteiger partial charge in [-0.05, 0) is 36.2 Å². The Morgan fingerprint density at radius 3 is 2.48 bits per heavy atom. The molecule has 0 amide bonds. The first-order valence-corrected chi connectivity index (χ1v) is 7.21. The van der Waals surface area contributed by atoms with E-state index in [9.17, 15) is 14.4 Å². The molecule has 6 nitrogen and oxygen atoms in total. The molecule has 0 atom stereocenters. The SMILES string of the molecule is CCCOC(=O)c1ccc(Cn2cccc(C(=O)O)c2=O)cc1. The Bertz CT molecular complexity index is 761. The van der Waals surface area contributed by atoms with Crippen LogP contribution in [0.3, 0.4) is 0 Å². The summed E-state index contributed by atoms with van der Waals surface area (Å²) in [4.78, 5) is 34.7. The molecule has 0 bridgehead atoms. The number of aromatic carboxylic acids is 1. The molecule has 23 heavy (non-hydrogen) atoms. The van der Waals surface area contributed by atoms with E-state index in [2.05, 4.69) is 0 Å². The third kappa shape index (κ3) is 4.06.